The van der Waals surface area contributed by atoms with Gasteiger partial charge in [0.15, 0.2) is 0 Å². The number of fused-ring (bicyclic) bond motifs is 1. The topological polar surface area (TPSA) is 33.7 Å². The van der Waals surface area contributed by atoms with Crippen LogP contribution in [0.5, 0.6) is 11.5 Å². The fourth-order valence-corrected chi connectivity index (χ4v) is 5.83. The Morgan fingerprint density at radius 1 is 0.946 bits per heavy atom. The van der Waals surface area contributed by atoms with Crippen LogP contribution in [0.25, 0.3) is 0 Å². The molecule has 2 atom stereocenters. The summed E-state index contributed by atoms with van der Waals surface area (Å²) in [7, 11) is 3.45. The highest BCUT2D eigenvalue weighted by atomic mass is 35.5. The van der Waals surface area contributed by atoms with Crippen LogP contribution in [0.4, 0.5) is 0 Å². The number of nitrogens with zero attached hydrogens (tertiary/aromatic N) is 1. The summed E-state index contributed by atoms with van der Waals surface area (Å²) in [5.41, 5.74) is 4.17. The summed E-state index contributed by atoms with van der Waals surface area (Å²) in [6.45, 7) is 9.17. The Labute approximate surface area is 242 Å². The van der Waals surface area contributed by atoms with E-state index in [2.05, 4.69) is 48.3 Å². The maximum absolute atomic E-state index is 6.22. The van der Waals surface area contributed by atoms with Crippen LogP contribution in [0.2, 0.25) is 5.02 Å². The molecule has 1 N–H and O–H groups in total. The largest absolute Gasteiger partial charge is 0.496 e. The van der Waals surface area contributed by atoms with Crippen molar-refractivity contribution in [2.45, 2.75) is 77.2 Å². The zero-order valence-corrected chi connectivity index (χ0v) is 25.5. The second-order valence-electron chi connectivity index (χ2n) is 9.95. The Morgan fingerprint density at radius 2 is 1.70 bits per heavy atom. The molecule has 1 aliphatic rings. The first-order chi connectivity index (χ1) is 17.1. The Morgan fingerprint density at radius 3 is 2.41 bits per heavy atom. The van der Waals surface area contributed by atoms with Crippen LogP contribution < -0.4 is 14.8 Å². The van der Waals surface area contributed by atoms with Crippen molar-refractivity contribution in [3.05, 3.63) is 58.1 Å². The molecule has 4 nitrogen and oxygen atoms in total. The summed E-state index contributed by atoms with van der Waals surface area (Å²) in [4.78, 5) is 2.76. The first kappa shape index (κ1) is 33.9. The maximum atomic E-state index is 6.22. The fraction of sp³-hybridized carbons (Fsp3) is 0.600. The number of nitrogens with one attached hydrogen (secondary N) is 1. The van der Waals surface area contributed by atoms with E-state index in [1.165, 1.54) is 68.3 Å². The van der Waals surface area contributed by atoms with Crippen molar-refractivity contribution in [1.82, 2.24) is 10.2 Å². The Kier molecular flexibility index (Phi) is 16.6. The third-order valence-corrected chi connectivity index (χ3v) is 7.63. The molecule has 0 radical (unpaired) electrons. The van der Waals surface area contributed by atoms with Crippen LogP contribution in [0.15, 0.2) is 36.4 Å². The van der Waals surface area contributed by atoms with Gasteiger partial charge in [0.1, 0.15) is 11.5 Å². The Bertz CT molecular complexity index is 912. The Balaban J connectivity index is 0.00000342. The van der Waals surface area contributed by atoms with Gasteiger partial charge in [-0.1, -0.05) is 56.5 Å². The van der Waals surface area contributed by atoms with Crippen LogP contribution in [-0.4, -0.2) is 51.3 Å². The van der Waals surface area contributed by atoms with E-state index in [0.29, 0.717) is 17.0 Å². The van der Waals surface area contributed by atoms with Crippen molar-refractivity contribution < 1.29 is 9.47 Å². The molecule has 0 aromatic heterocycles. The molecule has 2 aromatic rings. The predicted molar refractivity (Wildman–Crippen MR) is 163 cm³/mol. The first-order valence-corrected chi connectivity index (χ1v) is 13.9. The summed E-state index contributed by atoms with van der Waals surface area (Å²) in [5.74, 6) is 2.36. The molecular formula is C30H47Cl3N2O2. The molecule has 0 amide bonds. The van der Waals surface area contributed by atoms with E-state index in [4.69, 9.17) is 21.1 Å². The summed E-state index contributed by atoms with van der Waals surface area (Å²) in [6.07, 6.45) is 9.73. The van der Waals surface area contributed by atoms with Crippen molar-refractivity contribution in [1.29, 1.82) is 0 Å². The summed E-state index contributed by atoms with van der Waals surface area (Å²) < 4.78 is 10.9. The van der Waals surface area contributed by atoms with E-state index in [1.54, 1.807) is 14.2 Å². The molecule has 1 aliphatic carbocycles. The fourth-order valence-electron chi connectivity index (χ4n) is 5.55. The number of rotatable bonds is 15. The van der Waals surface area contributed by atoms with Gasteiger partial charge in [-0.3, -0.25) is 0 Å². The Hall–Kier alpha value is -1.17. The minimum absolute atomic E-state index is 0. The molecule has 37 heavy (non-hydrogen) atoms. The average molecular weight is 574 g/mol. The van der Waals surface area contributed by atoms with Gasteiger partial charge in [-0.05, 0) is 99.9 Å². The van der Waals surface area contributed by atoms with Gasteiger partial charge in [-0.25, -0.2) is 0 Å². The van der Waals surface area contributed by atoms with Gasteiger partial charge in [-0.2, -0.15) is 0 Å². The average Bonchev–Trinajstić information content (AvgIpc) is 2.86. The van der Waals surface area contributed by atoms with Gasteiger partial charge in [0.05, 0.1) is 19.2 Å². The van der Waals surface area contributed by atoms with Crippen molar-refractivity contribution in [3.8, 4) is 11.5 Å². The van der Waals surface area contributed by atoms with Crippen molar-refractivity contribution in [2.75, 3.05) is 40.4 Å². The van der Waals surface area contributed by atoms with Crippen molar-refractivity contribution in [3.63, 3.8) is 0 Å². The van der Waals surface area contributed by atoms with E-state index in [0.717, 1.165) is 37.4 Å². The molecular weight excluding hydrogens is 527 g/mol. The minimum atomic E-state index is 0. The number of benzene rings is 2. The molecule has 0 bridgehead atoms. The van der Waals surface area contributed by atoms with Crippen LogP contribution in [0, 0.1) is 0 Å². The van der Waals surface area contributed by atoms with E-state index in [9.17, 15) is 0 Å². The van der Waals surface area contributed by atoms with Gasteiger partial charge in [0.2, 0.25) is 0 Å². The minimum Gasteiger partial charge on any atom is -0.496 e. The van der Waals surface area contributed by atoms with Crippen LogP contribution in [0.3, 0.4) is 0 Å². The van der Waals surface area contributed by atoms with Gasteiger partial charge in [0.25, 0.3) is 0 Å². The number of methoxy groups -OCH3 is 2. The standard InChI is InChI=1S/C30H45ClN2O2.2ClH/c1-5-18-33(26-20-23(2)30-25(22-26)11-10-12-29(30)35-4)19-9-7-6-8-16-32-17-15-24-13-14-28(34-3)27(31)21-24;;/h10-14,21,23,26,32H,5-9,15-20,22H2,1-4H3;2*1H. The molecule has 210 valence electrons. The van der Waals surface area contributed by atoms with E-state index < -0.39 is 0 Å². The summed E-state index contributed by atoms with van der Waals surface area (Å²) in [6, 6.07) is 13.3. The lowest BCUT2D eigenvalue weighted by Crippen LogP contribution is -2.41. The number of hydrogen-bond donors (Lipinski definition) is 1. The van der Waals surface area contributed by atoms with Crippen molar-refractivity contribution in [2.24, 2.45) is 0 Å². The summed E-state index contributed by atoms with van der Waals surface area (Å²) in [5, 5.41) is 4.27. The monoisotopic (exact) mass is 572 g/mol. The quantitative estimate of drug-likeness (QED) is 0.221. The normalized spacial score (nSPS) is 16.5. The lowest BCUT2D eigenvalue weighted by Gasteiger charge is -2.38. The highest BCUT2D eigenvalue weighted by molar-refractivity contribution is 6.32. The molecule has 0 heterocycles. The molecule has 0 saturated carbocycles. The van der Waals surface area contributed by atoms with Crippen LogP contribution in [0.1, 0.15) is 75.0 Å². The molecule has 2 unspecified atom stereocenters. The second kappa shape index (κ2) is 18.2. The number of halogens is 3. The van der Waals surface area contributed by atoms with E-state index in [1.807, 2.05) is 12.1 Å². The number of unbranched alkanes of at least 4 members (excludes halogenated alkanes) is 3. The third-order valence-electron chi connectivity index (χ3n) is 7.33. The summed E-state index contributed by atoms with van der Waals surface area (Å²) >= 11 is 6.22. The SMILES string of the molecule is CCCN(CCCCCCNCCc1ccc(OC)c(Cl)c1)C1Cc2cccc(OC)c2C(C)C1.Cl.Cl. The van der Waals surface area contributed by atoms with E-state index in [-0.39, 0.29) is 24.8 Å². The molecule has 7 heteroatoms. The third kappa shape index (κ3) is 10.1. The molecule has 0 saturated heterocycles. The van der Waals surface area contributed by atoms with Gasteiger partial charge < -0.3 is 19.7 Å². The molecule has 3 rings (SSSR count). The lowest BCUT2D eigenvalue weighted by molar-refractivity contribution is 0.167. The van der Waals surface area contributed by atoms with Crippen LogP contribution >= 0.6 is 36.4 Å². The molecule has 0 fully saturated rings. The molecule has 0 aliphatic heterocycles. The predicted octanol–water partition coefficient (Wildman–Crippen LogP) is 7.72. The number of hydrogen-bond acceptors (Lipinski definition) is 4. The van der Waals surface area contributed by atoms with Crippen LogP contribution in [-0.2, 0) is 12.8 Å². The van der Waals surface area contributed by atoms with Gasteiger partial charge >= 0.3 is 0 Å². The second-order valence-corrected chi connectivity index (χ2v) is 10.4. The highest BCUT2D eigenvalue weighted by Gasteiger charge is 2.29. The highest BCUT2D eigenvalue weighted by Crippen LogP contribution is 2.39. The van der Waals surface area contributed by atoms with Gasteiger partial charge in [-0.15, -0.1) is 24.8 Å². The number of ether oxygens (including phenoxy) is 2. The molecule has 2 aromatic carbocycles. The molecule has 0 spiro atoms. The van der Waals surface area contributed by atoms with E-state index >= 15 is 0 Å². The zero-order chi connectivity index (χ0) is 25.0. The lowest BCUT2D eigenvalue weighted by atomic mass is 9.80. The smallest absolute Gasteiger partial charge is 0.137 e. The first-order valence-electron chi connectivity index (χ1n) is 13.5. The van der Waals surface area contributed by atoms with Crippen molar-refractivity contribution >= 4 is 36.4 Å². The van der Waals surface area contributed by atoms with Gasteiger partial charge in [0, 0.05) is 11.6 Å². The maximum Gasteiger partial charge on any atom is 0.137 e. The zero-order valence-electron chi connectivity index (χ0n) is 23.1.